The van der Waals surface area contributed by atoms with Crippen molar-refractivity contribution in [1.82, 2.24) is 19.9 Å². The summed E-state index contributed by atoms with van der Waals surface area (Å²) < 4.78 is 1.38. The maximum atomic E-state index is 13.3. The molecule has 2 aliphatic carbocycles. The SMILES string of the molecule is CCn1c(=O)[nH]c(=O)c2c(C(=O)NCc3cccc(NC(=O)C4CCCC4)c3)cc(C3CC3)nc21. The van der Waals surface area contributed by atoms with Crippen molar-refractivity contribution < 1.29 is 9.59 Å². The second kappa shape index (κ2) is 9.48. The second-order valence-corrected chi connectivity index (χ2v) is 9.42. The first-order chi connectivity index (χ1) is 16.9. The molecule has 3 aromatic rings. The van der Waals surface area contributed by atoms with E-state index >= 15 is 0 Å². The number of benzene rings is 1. The molecule has 0 spiro atoms. The van der Waals surface area contributed by atoms with Crippen LogP contribution in [0.2, 0.25) is 0 Å². The monoisotopic (exact) mass is 475 g/mol. The number of H-pyrrole nitrogens is 1. The zero-order chi connectivity index (χ0) is 24.5. The van der Waals surface area contributed by atoms with Gasteiger partial charge in [-0.1, -0.05) is 25.0 Å². The molecule has 9 nitrogen and oxygen atoms in total. The van der Waals surface area contributed by atoms with Gasteiger partial charge in [0, 0.05) is 36.3 Å². The molecule has 2 heterocycles. The third-order valence-corrected chi connectivity index (χ3v) is 6.90. The number of aromatic nitrogens is 3. The first-order valence-electron chi connectivity index (χ1n) is 12.3. The standard InChI is InChI=1S/C26H29N5O4/c1-2-31-22-21(25(34)30-26(31)35)19(13-20(29-22)16-10-11-16)24(33)27-14-15-6-5-9-18(12-15)28-23(32)17-7-3-4-8-17/h5-6,9,12-13,16-17H,2-4,7-8,10-11,14H2,1H3,(H,27,33)(H,28,32)(H,30,34,35). The number of pyridine rings is 1. The van der Waals surface area contributed by atoms with Gasteiger partial charge in [0.15, 0.2) is 5.65 Å². The van der Waals surface area contributed by atoms with Crippen molar-refractivity contribution in [3.05, 3.63) is 68.0 Å². The molecule has 0 radical (unpaired) electrons. The molecule has 0 atom stereocenters. The first kappa shape index (κ1) is 23.0. The lowest BCUT2D eigenvalue weighted by atomic mass is 10.1. The Morgan fingerprint density at radius 1 is 1.11 bits per heavy atom. The minimum atomic E-state index is -0.619. The molecule has 2 fully saturated rings. The third kappa shape index (κ3) is 4.76. The molecule has 0 unspecified atom stereocenters. The number of aromatic amines is 1. The van der Waals surface area contributed by atoms with Gasteiger partial charge in [-0.15, -0.1) is 0 Å². The second-order valence-electron chi connectivity index (χ2n) is 9.42. The lowest BCUT2D eigenvalue weighted by Crippen LogP contribution is -2.33. The van der Waals surface area contributed by atoms with Crippen molar-refractivity contribution in [2.75, 3.05) is 5.32 Å². The maximum Gasteiger partial charge on any atom is 0.329 e. The number of hydrogen-bond acceptors (Lipinski definition) is 5. The number of rotatable bonds is 7. The highest BCUT2D eigenvalue weighted by atomic mass is 16.2. The van der Waals surface area contributed by atoms with E-state index < -0.39 is 17.2 Å². The van der Waals surface area contributed by atoms with E-state index in [-0.39, 0.29) is 40.9 Å². The molecule has 3 N–H and O–H groups in total. The van der Waals surface area contributed by atoms with Crippen molar-refractivity contribution in [2.24, 2.45) is 5.92 Å². The first-order valence-corrected chi connectivity index (χ1v) is 12.3. The summed E-state index contributed by atoms with van der Waals surface area (Å²) in [5.41, 5.74) is 1.55. The fourth-order valence-corrected chi connectivity index (χ4v) is 4.82. The van der Waals surface area contributed by atoms with Crippen molar-refractivity contribution in [2.45, 2.75) is 64.5 Å². The van der Waals surface area contributed by atoms with E-state index in [4.69, 9.17) is 0 Å². The van der Waals surface area contributed by atoms with Gasteiger partial charge in [0.2, 0.25) is 5.91 Å². The van der Waals surface area contributed by atoms with Crippen LogP contribution in [0.1, 0.15) is 73.0 Å². The Morgan fingerprint density at radius 2 is 1.89 bits per heavy atom. The van der Waals surface area contributed by atoms with Crippen LogP contribution < -0.4 is 21.9 Å². The van der Waals surface area contributed by atoms with Crippen LogP contribution in [-0.2, 0) is 17.9 Å². The van der Waals surface area contributed by atoms with Crippen LogP contribution in [0.4, 0.5) is 5.69 Å². The molecule has 2 saturated carbocycles. The Hall–Kier alpha value is -3.75. The van der Waals surface area contributed by atoms with Gasteiger partial charge < -0.3 is 10.6 Å². The van der Waals surface area contributed by atoms with E-state index in [2.05, 4.69) is 20.6 Å². The van der Waals surface area contributed by atoms with E-state index in [9.17, 15) is 19.2 Å². The Morgan fingerprint density at radius 3 is 2.60 bits per heavy atom. The number of nitrogens with zero attached hydrogens (tertiary/aromatic N) is 2. The van der Waals surface area contributed by atoms with E-state index in [1.54, 1.807) is 13.0 Å². The van der Waals surface area contributed by atoms with Crippen LogP contribution >= 0.6 is 0 Å². The minimum absolute atomic E-state index is 0.0424. The van der Waals surface area contributed by atoms with Crippen molar-refractivity contribution in [3.63, 3.8) is 0 Å². The Kier molecular flexibility index (Phi) is 6.23. The van der Waals surface area contributed by atoms with Gasteiger partial charge in [-0.3, -0.25) is 23.9 Å². The number of carbonyl (C=O) groups excluding carboxylic acids is 2. The highest BCUT2D eigenvalue weighted by molar-refractivity contribution is 6.05. The van der Waals surface area contributed by atoms with Crippen LogP contribution in [0.25, 0.3) is 11.0 Å². The number of hydrogen-bond donors (Lipinski definition) is 3. The van der Waals surface area contributed by atoms with Crippen molar-refractivity contribution in [1.29, 1.82) is 0 Å². The molecule has 2 aromatic heterocycles. The molecule has 9 heteroatoms. The summed E-state index contributed by atoms with van der Waals surface area (Å²) in [6.07, 6.45) is 5.97. The number of amides is 2. The fourth-order valence-electron chi connectivity index (χ4n) is 4.82. The highest BCUT2D eigenvalue weighted by Gasteiger charge is 2.28. The summed E-state index contributed by atoms with van der Waals surface area (Å²) in [7, 11) is 0. The van der Waals surface area contributed by atoms with E-state index in [1.807, 2.05) is 24.3 Å². The summed E-state index contributed by atoms with van der Waals surface area (Å²) in [5, 5.41) is 5.99. The molecule has 0 aliphatic heterocycles. The summed E-state index contributed by atoms with van der Waals surface area (Å²) in [6, 6.07) is 9.05. The van der Waals surface area contributed by atoms with Gasteiger partial charge in [0.05, 0.1) is 10.9 Å². The van der Waals surface area contributed by atoms with Crippen LogP contribution in [0, 0.1) is 5.92 Å². The molecular weight excluding hydrogens is 446 g/mol. The number of nitrogens with one attached hydrogen (secondary N) is 3. The summed E-state index contributed by atoms with van der Waals surface area (Å²) in [6.45, 7) is 2.34. The molecular formula is C26H29N5O4. The van der Waals surface area contributed by atoms with Gasteiger partial charge in [-0.05, 0) is 56.4 Å². The van der Waals surface area contributed by atoms with Gasteiger partial charge in [-0.25, -0.2) is 9.78 Å². The van der Waals surface area contributed by atoms with Crippen molar-refractivity contribution in [3.8, 4) is 0 Å². The third-order valence-electron chi connectivity index (χ3n) is 6.90. The normalized spacial score (nSPS) is 15.9. The predicted molar refractivity (Wildman–Crippen MR) is 132 cm³/mol. The molecule has 0 saturated heterocycles. The number of anilines is 1. The Labute approximate surface area is 202 Å². The lowest BCUT2D eigenvalue weighted by Gasteiger charge is -2.13. The smallest absolute Gasteiger partial charge is 0.329 e. The average Bonchev–Trinajstić information content (AvgIpc) is 3.55. The number of aryl methyl sites for hydroxylation is 1. The minimum Gasteiger partial charge on any atom is -0.348 e. The van der Waals surface area contributed by atoms with Crippen LogP contribution in [0.3, 0.4) is 0 Å². The van der Waals surface area contributed by atoms with E-state index in [0.717, 1.165) is 49.8 Å². The van der Waals surface area contributed by atoms with Crippen LogP contribution in [0.15, 0.2) is 39.9 Å². The molecule has 5 rings (SSSR count). The highest BCUT2D eigenvalue weighted by Crippen LogP contribution is 2.39. The predicted octanol–water partition coefficient (Wildman–Crippen LogP) is 3.04. The number of carbonyl (C=O) groups is 2. The molecule has 2 amide bonds. The summed E-state index contributed by atoms with van der Waals surface area (Å²) in [4.78, 5) is 57.6. The van der Waals surface area contributed by atoms with Gasteiger partial charge >= 0.3 is 5.69 Å². The molecule has 35 heavy (non-hydrogen) atoms. The van der Waals surface area contributed by atoms with Crippen LogP contribution in [0.5, 0.6) is 0 Å². The molecule has 1 aromatic carbocycles. The zero-order valence-corrected chi connectivity index (χ0v) is 19.7. The maximum absolute atomic E-state index is 13.3. The summed E-state index contributed by atoms with van der Waals surface area (Å²) >= 11 is 0. The molecule has 0 bridgehead atoms. The Bertz CT molecular complexity index is 1410. The average molecular weight is 476 g/mol. The van der Waals surface area contributed by atoms with Crippen molar-refractivity contribution >= 4 is 28.5 Å². The molecule has 2 aliphatic rings. The van der Waals surface area contributed by atoms with E-state index in [1.165, 1.54) is 4.57 Å². The fraction of sp³-hybridized carbons (Fsp3) is 0.423. The number of fused-ring (bicyclic) bond motifs is 1. The topological polar surface area (TPSA) is 126 Å². The Balaban J connectivity index is 1.39. The largest absolute Gasteiger partial charge is 0.348 e. The van der Waals surface area contributed by atoms with Crippen LogP contribution in [-0.4, -0.2) is 26.3 Å². The van der Waals surface area contributed by atoms with Gasteiger partial charge in [-0.2, -0.15) is 0 Å². The van der Waals surface area contributed by atoms with Gasteiger partial charge in [0.25, 0.3) is 11.5 Å². The zero-order valence-electron chi connectivity index (χ0n) is 19.7. The quantitative estimate of drug-likeness (QED) is 0.484. The van der Waals surface area contributed by atoms with E-state index in [0.29, 0.717) is 12.2 Å². The molecule has 182 valence electrons. The lowest BCUT2D eigenvalue weighted by molar-refractivity contribution is -0.119. The van der Waals surface area contributed by atoms with Gasteiger partial charge in [0.1, 0.15) is 0 Å². The summed E-state index contributed by atoms with van der Waals surface area (Å²) in [5.74, 6) is -0.0596.